The number of ketones is 1. The lowest BCUT2D eigenvalue weighted by Crippen LogP contribution is -2.44. The molecule has 32 heavy (non-hydrogen) atoms. The van der Waals surface area contributed by atoms with Gasteiger partial charge in [-0.3, -0.25) is 14.5 Å². The second kappa shape index (κ2) is 9.05. The monoisotopic (exact) mass is 453 g/mol. The Labute approximate surface area is 192 Å². The van der Waals surface area contributed by atoms with Crippen molar-refractivity contribution in [2.24, 2.45) is 0 Å². The summed E-state index contributed by atoms with van der Waals surface area (Å²) in [6, 6.07) is 9.92. The van der Waals surface area contributed by atoms with E-state index < -0.39 is 11.4 Å². The maximum Gasteiger partial charge on any atom is 0.259 e. The molecule has 2 aromatic rings. The average Bonchev–Trinajstić information content (AvgIpc) is 2.94. The van der Waals surface area contributed by atoms with Crippen LogP contribution in [0, 0.1) is 19.3 Å². The molecule has 1 aliphatic heterocycles. The zero-order chi connectivity index (χ0) is 23.6. The minimum absolute atomic E-state index is 0.0287. The van der Waals surface area contributed by atoms with Crippen molar-refractivity contribution in [2.75, 3.05) is 16.4 Å². The summed E-state index contributed by atoms with van der Waals surface area (Å²) in [6.45, 7) is 14.2. The number of Topliss-reactive ketones (excluding diaryl/α,β-unsaturated/α-hetero) is 1. The number of rotatable bonds is 7. The fraction of sp³-hybridized carbons (Fsp3) is 0.333. The molecule has 3 rings (SSSR count). The fourth-order valence-electron chi connectivity index (χ4n) is 3.55. The molecular weight excluding hydrogens is 429 g/mol. The van der Waals surface area contributed by atoms with Gasteiger partial charge in [0.15, 0.2) is 10.8 Å². The highest BCUT2D eigenvalue weighted by Gasteiger charge is 2.51. The van der Waals surface area contributed by atoms with Gasteiger partial charge in [0.05, 0.1) is 18.9 Å². The Bertz CT molecular complexity index is 1120. The third-order valence-corrected chi connectivity index (χ3v) is 5.87. The lowest BCUT2D eigenvalue weighted by molar-refractivity contribution is -0.120. The van der Waals surface area contributed by atoms with Crippen molar-refractivity contribution < 1.29 is 18.7 Å². The topological polar surface area (TPSA) is 54.2 Å². The molecule has 166 valence electrons. The van der Waals surface area contributed by atoms with Crippen molar-refractivity contribution >= 4 is 46.1 Å². The quantitative estimate of drug-likeness (QED) is 0.418. The van der Waals surface area contributed by atoms with Crippen molar-refractivity contribution in [3.8, 4) is 5.75 Å². The summed E-state index contributed by atoms with van der Waals surface area (Å²) in [5.74, 6) is -0.275. The molecule has 0 unspecified atom stereocenters. The van der Waals surface area contributed by atoms with Gasteiger partial charge in [-0.05, 0) is 68.9 Å². The molecule has 0 saturated carbocycles. The largest absolute Gasteiger partial charge is 0.493 e. The molecule has 1 saturated heterocycles. The van der Waals surface area contributed by atoms with Gasteiger partial charge in [0.25, 0.3) is 5.91 Å². The number of hydrogen-bond donors (Lipinski definition) is 0. The molecule has 0 aliphatic carbocycles. The van der Waals surface area contributed by atoms with Gasteiger partial charge < -0.3 is 9.64 Å². The smallest absolute Gasteiger partial charge is 0.259 e. The van der Waals surface area contributed by atoms with Crippen molar-refractivity contribution in [1.82, 2.24) is 0 Å². The Hall–Kier alpha value is -3.31. The van der Waals surface area contributed by atoms with Crippen LogP contribution in [0.5, 0.6) is 5.75 Å². The highest BCUT2D eigenvalue weighted by molar-refractivity contribution is 7.81. The molecule has 8 heteroatoms. The normalized spacial score (nSPS) is 15.1. The van der Waals surface area contributed by atoms with E-state index in [1.807, 2.05) is 6.92 Å². The number of thiocarbonyl (C=S) groups is 1. The number of hydrogen-bond acceptors (Lipinski definition) is 4. The van der Waals surface area contributed by atoms with Gasteiger partial charge in [0.2, 0.25) is 0 Å². The number of anilines is 2. The molecule has 2 aromatic carbocycles. The van der Waals surface area contributed by atoms with Crippen LogP contribution in [0.4, 0.5) is 21.5 Å². The maximum absolute atomic E-state index is 15.0. The summed E-state index contributed by atoms with van der Waals surface area (Å²) in [5, 5.41) is 0.149. The molecule has 0 aromatic heterocycles. The Kier molecular flexibility index (Phi) is 6.60. The van der Waals surface area contributed by atoms with Crippen molar-refractivity contribution in [2.45, 2.75) is 46.1 Å². The van der Waals surface area contributed by atoms with Crippen LogP contribution in [0.25, 0.3) is 4.85 Å². The van der Waals surface area contributed by atoms with Gasteiger partial charge in [0, 0.05) is 18.5 Å². The first-order valence-electron chi connectivity index (χ1n) is 10.2. The van der Waals surface area contributed by atoms with Gasteiger partial charge in [0.1, 0.15) is 22.9 Å². The SMILES string of the molecule is [C-]#[N+]c1ccc(N2C(=O)C(C)(C)N(c3ccc(OCCC(=O)CC)cc3)C2=S)c(F)c1C. The summed E-state index contributed by atoms with van der Waals surface area (Å²) in [7, 11) is 0. The van der Waals surface area contributed by atoms with E-state index in [1.54, 1.807) is 43.0 Å². The van der Waals surface area contributed by atoms with E-state index in [0.29, 0.717) is 30.9 Å². The van der Waals surface area contributed by atoms with Gasteiger partial charge in [-0.1, -0.05) is 13.0 Å². The summed E-state index contributed by atoms with van der Waals surface area (Å²) in [5.41, 5.74) is -0.00133. The molecule has 0 atom stereocenters. The van der Waals surface area contributed by atoms with E-state index >= 15 is 4.39 Å². The van der Waals surface area contributed by atoms with Crippen LogP contribution in [0.3, 0.4) is 0 Å². The Morgan fingerprint density at radius 1 is 1.22 bits per heavy atom. The first-order valence-corrected chi connectivity index (χ1v) is 10.6. The van der Waals surface area contributed by atoms with Crippen LogP contribution in [0.2, 0.25) is 0 Å². The van der Waals surface area contributed by atoms with Crippen LogP contribution in [-0.2, 0) is 9.59 Å². The second-order valence-corrected chi connectivity index (χ2v) is 8.32. The standard InChI is InChI=1S/C24H24FN3O3S/c1-6-17(29)13-14-31-18-9-7-16(8-10-18)28-23(32)27(22(30)24(28,3)4)20-12-11-19(26-5)15(2)21(20)25/h7-12H,6,13-14H2,1-4H3. The average molecular weight is 454 g/mol. The van der Waals surface area contributed by atoms with Crippen molar-refractivity contribution in [3.05, 3.63) is 59.2 Å². The van der Waals surface area contributed by atoms with Crippen LogP contribution >= 0.6 is 12.2 Å². The molecule has 0 radical (unpaired) electrons. The fourth-order valence-corrected chi connectivity index (χ4v) is 4.06. The minimum Gasteiger partial charge on any atom is -0.493 e. The number of carbonyl (C=O) groups excluding carboxylic acids is 2. The minimum atomic E-state index is -1.05. The Morgan fingerprint density at radius 2 is 1.88 bits per heavy atom. The van der Waals surface area contributed by atoms with Gasteiger partial charge in [-0.2, -0.15) is 0 Å². The highest BCUT2D eigenvalue weighted by Crippen LogP contribution is 2.39. The van der Waals surface area contributed by atoms with Crippen molar-refractivity contribution in [1.29, 1.82) is 0 Å². The first-order chi connectivity index (χ1) is 15.1. The van der Waals surface area contributed by atoms with Crippen LogP contribution < -0.4 is 14.5 Å². The third-order valence-electron chi connectivity index (χ3n) is 5.51. The Morgan fingerprint density at radius 3 is 2.47 bits per heavy atom. The van der Waals surface area contributed by atoms with E-state index in [-0.39, 0.29) is 33.7 Å². The van der Waals surface area contributed by atoms with Crippen LogP contribution in [0.15, 0.2) is 36.4 Å². The molecule has 1 aliphatic rings. The van der Waals surface area contributed by atoms with E-state index in [0.717, 1.165) is 0 Å². The summed E-state index contributed by atoms with van der Waals surface area (Å²) >= 11 is 5.60. The number of carbonyl (C=O) groups is 2. The van der Waals surface area contributed by atoms with Crippen LogP contribution in [0.1, 0.15) is 39.2 Å². The second-order valence-electron chi connectivity index (χ2n) is 7.96. The molecule has 1 heterocycles. The highest BCUT2D eigenvalue weighted by atomic mass is 32.1. The molecule has 6 nitrogen and oxygen atoms in total. The molecule has 0 N–H and O–H groups in total. The van der Waals surface area contributed by atoms with Crippen LogP contribution in [-0.4, -0.2) is 28.9 Å². The zero-order valence-corrected chi connectivity index (χ0v) is 19.3. The summed E-state index contributed by atoms with van der Waals surface area (Å²) in [4.78, 5) is 30.8. The molecule has 1 fully saturated rings. The van der Waals surface area contributed by atoms with E-state index in [2.05, 4.69) is 4.85 Å². The lowest BCUT2D eigenvalue weighted by Gasteiger charge is -2.29. The van der Waals surface area contributed by atoms with E-state index in [4.69, 9.17) is 23.5 Å². The molecule has 0 bridgehead atoms. The van der Waals surface area contributed by atoms with Gasteiger partial charge in [-0.15, -0.1) is 0 Å². The zero-order valence-electron chi connectivity index (χ0n) is 18.4. The Balaban J connectivity index is 1.88. The molecule has 0 spiro atoms. The number of halogens is 1. The predicted molar refractivity (Wildman–Crippen MR) is 126 cm³/mol. The number of ether oxygens (including phenoxy) is 1. The molecule has 1 amide bonds. The maximum atomic E-state index is 15.0. The van der Waals surface area contributed by atoms with Gasteiger partial charge >= 0.3 is 0 Å². The predicted octanol–water partition coefficient (Wildman–Crippen LogP) is 5.35. The van der Waals surface area contributed by atoms with Gasteiger partial charge in [-0.25, -0.2) is 9.24 Å². The number of benzene rings is 2. The van der Waals surface area contributed by atoms with Crippen molar-refractivity contribution in [3.63, 3.8) is 0 Å². The summed E-state index contributed by atoms with van der Waals surface area (Å²) in [6.07, 6.45) is 0.831. The van der Waals surface area contributed by atoms with E-state index in [9.17, 15) is 9.59 Å². The summed E-state index contributed by atoms with van der Waals surface area (Å²) < 4.78 is 20.6. The molecular formula is C24H24FN3O3S. The third kappa shape index (κ3) is 4.08. The number of amides is 1. The number of nitrogens with zero attached hydrogens (tertiary/aromatic N) is 3. The lowest BCUT2D eigenvalue weighted by atomic mass is 10.0. The first kappa shape index (κ1) is 23.4. The van der Waals surface area contributed by atoms with E-state index in [1.165, 1.54) is 24.0 Å².